The minimum Gasteiger partial charge on any atom is -0.748 e. The van der Waals surface area contributed by atoms with Crippen molar-refractivity contribution in [2.45, 2.75) is 101 Å². The van der Waals surface area contributed by atoms with Crippen LogP contribution in [-0.4, -0.2) is 131 Å². The van der Waals surface area contributed by atoms with Gasteiger partial charge in [0.1, 0.15) is 0 Å². The van der Waals surface area contributed by atoms with E-state index in [4.69, 9.17) is 43.6 Å². The van der Waals surface area contributed by atoms with Gasteiger partial charge in [-0.1, -0.05) is 18.7 Å². The van der Waals surface area contributed by atoms with Gasteiger partial charge in [-0.3, -0.25) is 0 Å². The van der Waals surface area contributed by atoms with E-state index < -0.39 is 65.5 Å². The van der Waals surface area contributed by atoms with Gasteiger partial charge in [0.05, 0.1) is 51.2 Å². The van der Waals surface area contributed by atoms with Crippen molar-refractivity contribution in [2.24, 2.45) is 0 Å². The fourth-order valence-electron chi connectivity index (χ4n) is 3.46. The van der Waals surface area contributed by atoms with Gasteiger partial charge in [-0.25, -0.2) is 14.5 Å². The molecule has 0 aliphatic rings. The minimum atomic E-state index is -4.29. The first kappa shape index (κ1) is 64.5. The van der Waals surface area contributed by atoms with Crippen molar-refractivity contribution in [3.63, 3.8) is 0 Å². The topological polar surface area (TPSA) is 175 Å². The molecule has 0 saturated heterocycles. The first-order chi connectivity index (χ1) is 18.5. The second-order valence-corrected chi connectivity index (χ2v) is 25.2. The number of hydrogen-bond acceptors (Lipinski definition) is 11. The normalized spacial score (nSPS) is 13.6. The Labute approximate surface area is 375 Å². The monoisotopic (exact) mass is 880 g/mol. The third kappa shape index (κ3) is 55.5. The number of hydrogen-bond donors (Lipinski definition) is 4. The quantitative estimate of drug-likeness (QED) is 0.0403. The fourth-order valence-corrected chi connectivity index (χ4v) is 17.9. The average Bonchev–Trinajstić information content (AvgIpc) is 2.74. The molecule has 45 heavy (non-hydrogen) atoms. The van der Waals surface area contributed by atoms with E-state index in [9.17, 15) is 23.2 Å². The van der Waals surface area contributed by atoms with Gasteiger partial charge in [0.15, 0.2) is 16.6 Å². The molecule has 21 heteroatoms. The zero-order valence-electron chi connectivity index (χ0n) is 29.1. The van der Waals surface area contributed by atoms with Crippen LogP contribution in [0.4, 0.5) is 0 Å². The predicted octanol–water partition coefficient (Wildman–Crippen LogP) is -4.41. The summed E-state index contributed by atoms with van der Waals surface area (Å²) >= 11 is 0. The van der Waals surface area contributed by atoms with Crippen molar-refractivity contribution >= 4 is 51.0 Å². The van der Waals surface area contributed by atoms with Crippen molar-refractivity contribution in [3.8, 4) is 0 Å². The van der Waals surface area contributed by atoms with Crippen molar-refractivity contribution in [2.75, 3.05) is 32.2 Å². The first-order valence-electron chi connectivity index (χ1n) is 13.6. The van der Waals surface area contributed by atoms with E-state index in [1.807, 2.05) is 0 Å². The van der Waals surface area contributed by atoms with E-state index in [0.29, 0.717) is 13.2 Å². The molecule has 0 rings (SSSR count). The molecule has 0 heterocycles. The Morgan fingerprint density at radius 2 is 1.02 bits per heavy atom. The minimum absolute atomic E-state index is 0. The summed E-state index contributed by atoms with van der Waals surface area (Å²) in [5, 5.41) is 34.8. The number of aliphatic hydroxyl groups excluding tert-OH is 4. The number of aliphatic hydroxyl groups is 4. The van der Waals surface area contributed by atoms with Gasteiger partial charge >= 0.3 is 67.7 Å². The molecule has 0 aliphatic heterocycles. The van der Waals surface area contributed by atoms with Crippen LogP contribution in [0, 0.1) is 20.8 Å². The van der Waals surface area contributed by atoms with Crippen molar-refractivity contribution in [3.05, 3.63) is 20.8 Å². The summed E-state index contributed by atoms with van der Waals surface area (Å²) < 4.78 is 53.1. The van der Waals surface area contributed by atoms with Crippen LogP contribution in [0.5, 0.6) is 0 Å². The van der Waals surface area contributed by atoms with Crippen LogP contribution < -0.4 is 59.1 Å². The second kappa shape index (κ2) is 35.6. The van der Waals surface area contributed by atoms with Crippen LogP contribution in [-0.2, 0) is 93.2 Å². The Kier molecular flexibility index (Phi) is 51.1. The summed E-state index contributed by atoms with van der Waals surface area (Å²) in [5.41, 5.74) is 0. The molecule has 0 aromatic heterocycles. The summed E-state index contributed by atoms with van der Waals surface area (Å²) in [5.74, 6) is -0.812. The van der Waals surface area contributed by atoms with E-state index in [-0.39, 0.29) is 150 Å². The Morgan fingerprint density at radius 3 is 1.22 bits per heavy atom. The van der Waals surface area contributed by atoms with Gasteiger partial charge in [-0.05, 0) is 64.2 Å². The molecule has 3 unspecified atom stereocenters. The van der Waals surface area contributed by atoms with Crippen molar-refractivity contribution in [1.82, 2.24) is 0 Å². The van der Waals surface area contributed by atoms with E-state index >= 15 is 0 Å². The largest absolute Gasteiger partial charge is 1.00 e. The van der Waals surface area contributed by atoms with E-state index in [1.54, 1.807) is 0 Å². The van der Waals surface area contributed by atoms with Gasteiger partial charge in [0.25, 0.3) is 0 Å². The molecule has 0 aromatic rings. The van der Waals surface area contributed by atoms with E-state index in [0.717, 1.165) is 24.9 Å². The van der Waals surface area contributed by atoms with Gasteiger partial charge in [-0.15, -0.1) is 0 Å². The van der Waals surface area contributed by atoms with Crippen LogP contribution >= 0.6 is 0 Å². The molecule has 0 aliphatic carbocycles. The molecule has 4 N–H and O–H groups in total. The Hall–Kier alpha value is 4.58. The zero-order chi connectivity index (χ0) is 32.9. The molecular formula is C24H54B2Na2O11SSi3Y2-2. The number of ether oxygens (including phenoxy) is 2. The summed E-state index contributed by atoms with van der Waals surface area (Å²) in [6.45, 7) is 24.0. The average molecular weight is 880 g/mol. The van der Waals surface area contributed by atoms with Gasteiger partial charge in [0.2, 0.25) is 0 Å². The molecular weight excluding hydrogens is 826 g/mol. The van der Waals surface area contributed by atoms with Crippen molar-refractivity contribution < 1.29 is 176 Å². The maximum absolute atomic E-state index is 9.69. The molecule has 0 aromatic carbocycles. The standard InChI is InChI=1S/C18H42B2O6Si3.C3H7O4S.C3H6O.2Na.2Y/c1-27(2,11-7-9-23-15-17(21)13-19)25-29(5,6)26-28(3,4)12-8-10-24-16-18(22)14-20;1-3(4)2-8(5,6)7;1-3(2)4;;;;/h17-18,21-22H,7-16H2,1-6H3;3-4H,1-2H2,(H,5,6,7);3-4H,1-2H2;;;;/q;-1;-2;2*+1;;/p-1. The van der Waals surface area contributed by atoms with Gasteiger partial charge < -0.3 is 63.5 Å². The first-order valence-corrected chi connectivity index (χ1v) is 24.2. The Balaban J connectivity index is -0.000000153. The predicted molar refractivity (Wildman–Crippen MR) is 171 cm³/mol. The van der Waals surface area contributed by atoms with Gasteiger partial charge in [0, 0.05) is 84.4 Å². The molecule has 0 fully saturated rings. The molecule has 0 spiro atoms. The summed E-state index contributed by atoms with van der Waals surface area (Å²) in [6.07, 6.45) is -0.873. The molecule has 250 valence electrons. The molecule has 6 radical (unpaired) electrons. The summed E-state index contributed by atoms with van der Waals surface area (Å²) in [7, 11) is 0.506. The van der Waals surface area contributed by atoms with E-state index in [2.05, 4.69) is 60.1 Å². The van der Waals surface area contributed by atoms with Crippen molar-refractivity contribution in [1.29, 1.82) is 0 Å². The fraction of sp³-hybridized carbons (Fsp3) is 0.875. The Morgan fingerprint density at radius 1 is 0.733 bits per heavy atom. The maximum Gasteiger partial charge on any atom is 1.00 e. The summed E-state index contributed by atoms with van der Waals surface area (Å²) in [4.78, 5) is 0. The molecule has 0 saturated carbocycles. The van der Waals surface area contributed by atoms with E-state index in [1.165, 1.54) is 0 Å². The molecule has 0 amide bonds. The van der Waals surface area contributed by atoms with Crippen LogP contribution in [0.1, 0.15) is 12.8 Å². The van der Waals surface area contributed by atoms with Crippen LogP contribution in [0.15, 0.2) is 0 Å². The maximum atomic E-state index is 9.69. The SMILES string of the molecule is [B]CC(O)COCCC[Si](C)(C)O[Si](C)(C)O[Si](C)(C)CCCOCC(O)C[B].[CH2-]C(O)CS(=O)(=O)[O-].[CH2-]C([CH2-])O.[Na+].[Na+].[Y].[Y]. The third-order valence-corrected chi connectivity index (χ3v) is 17.0. The Bertz CT molecular complexity index is 716. The second-order valence-electron chi connectivity index (χ2n) is 11.3. The smallest absolute Gasteiger partial charge is 0.748 e. The zero-order valence-corrected chi connectivity index (χ0v) is 42.6. The van der Waals surface area contributed by atoms with Gasteiger partial charge in [-0.2, -0.15) is 0 Å². The summed E-state index contributed by atoms with van der Waals surface area (Å²) in [6, 6.07) is 1.98. The van der Waals surface area contributed by atoms with Crippen LogP contribution in [0.2, 0.25) is 64.0 Å². The molecule has 3 atom stereocenters. The van der Waals surface area contributed by atoms with Crippen LogP contribution in [0.3, 0.4) is 0 Å². The third-order valence-electron chi connectivity index (χ3n) is 4.74. The molecule has 0 bridgehead atoms. The van der Waals surface area contributed by atoms with Crippen LogP contribution in [0.25, 0.3) is 0 Å². The molecule has 11 nitrogen and oxygen atoms in total. The number of rotatable bonds is 20.